The van der Waals surface area contributed by atoms with Gasteiger partial charge < -0.3 is 10.3 Å². The van der Waals surface area contributed by atoms with Crippen molar-refractivity contribution in [3.05, 3.63) is 33.5 Å². The number of anilines is 1. The average Bonchev–Trinajstić information content (AvgIpc) is 3.17. The highest BCUT2D eigenvalue weighted by Crippen LogP contribution is 2.42. The first-order valence-electron chi connectivity index (χ1n) is 6.93. The lowest BCUT2D eigenvalue weighted by Crippen LogP contribution is -2.05. The van der Waals surface area contributed by atoms with E-state index in [1.165, 1.54) is 12.8 Å². The second-order valence-electron chi connectivity index (χ2n) is 5.24. The Kier molecular flexibility index (Phi) is 3.78. The fourth-order valence-electron chi connectivity index (χ4n) is 2.51. The molecule has 2 N–H and O–H groups in total. The Bertz CT molecular complexity index is 647. The molecule has 3 nitrogen and oxygen atoms in total. The van der Waals surface area contributed by atoms with Gasteiger partial charge in [0, 0.05) is 27.5 Å². The van der Waals surface area contributed by atoms with Crippen molar-refractivity contribution in [1.82, 2.24) is 9.55 Å². The van der Waals surface area contributed by atoms with Gasteiger partial charge in [-0.3, -0.25) is 0 Å². The zero-order valence-corrected chi connectivity index (χ0v) is 13.7. The molecule has 1 saturated carbocycles. The number of aryl methyl sites for hydroxylation is 1. The van der Waals surface area contributed by atoms with Crippen LogP contribution in [0, 0.1) is 0 Å². The molecule has 0 amide bonds. The van der Waals surface area contributed by atoms with E-state index in [2.05, 4.69) is 27.4 Å². The highest BCUT2D eigenvalue weighted by molar-refractivity contribution is 9.10. The molecule has 2 aromatic rings. The van der Waals surface area contributed by atoms with E-state index >= 15 is 0 Å². The molecule has 20 heavy (non-hydrogen) atoms. The van der Waals surface area contributed by atoms with Gasteiger partial charge in [-0.05, 0) is 31.4 Å². The SMILES string of the molecule is CCCc1nc(-c2ccc(Cl)cc2Br)c(N)n1C1CC1. The third kappa shape index (κ3) is 2.47. The van der Waals surface area contributed by atoms with Crippen LogP contribution in [-0.2, 0) is 6.42 Å². The van der Waals surface area contributed by atoms with Gasteiger partial charge in [0.2, 0.25) is 0 Å². The molecule has 0 saturated heterocycles. The third-order valence-electron chi connectivity index (χ3n) is 3.59. The number of imidazole rings is 1. The van der Waals surface area contributed by atoms with E-state index in [9.17, 15) is 0 Å². The first-order chi connectivity index (χ1) is 9.61. The van der Waals surface area contributed by atoms with Gasteiger partial charge in [0.05, 0.1) is 0 Å². The van der Waals surface area contributed by atoms with E-state index in [0.29, 0.717) is 11.1 Å². The van der Waals surface area contributed by atoms with E-state index in [4.69, 9.17) is 22.3 Å². The summed E-state index contributed by atoms with van der Waals surface area (Å²) >= 11 is 9.56. The Morgan fingerprint density at radius 1 is 1.45 bits per heavy atom. The van der Waals surface area contributed by atoms with Crippen LogP contribution < -0.4 is 5.73 Å². The monoisotopic (exact) mass is 353 g/mol. The number of hydrogen-bond acceptors (Lipinski definition) is 2. The molecule has 0 unspecified atom stereocenters. The second-order valence-corrected chi connectivity index (χ2v) is 6.53. The predicted molar refractivity (Wildman–Crippen MR) is 87.1 cm³/mol. The van der Waals surface area contributed by atoms with Gasteiger partial charge in [-0.15, -0.1) is 0 Å². The van der Waals surface area contributed by atoms with Crippen molar-refractivity contribution in [3.63, 3.8) is 0 Å². The fraction of sp³-hybridized carbons (Fsp3) is 0.400. The van der Waals surface area contributed by atoms with Gasteiger partial charge in [0.15, 0.2) is 0 Å². The number of rotatable bonds is 4. The van der Waals surface area contributed by atoms with Crippen LogP contribution in [-0.4, -0.2) is 9.55 Å². The molecule has 5 heteroatoms. The van der Waals surface area contributed by atoms with Gasteiger partial charge in [-0.2, -0.15) is 0 Å². The summed E-state index contributed by atoms with van der Waals surface area (Å²) in [6.07, 6.45) is 4.45. The molecule has 1 aliphatic rings. The number of aromatic nitrogens is 2. The third-order valence-corrected chi connectivity index (χ3v) is 4.48. The standard InChI is InChI=1S/C15H17BrClN3/c1-2-3-13-19-14(15(18)20(13)10-5-6-10)11-7-4-9(17)8-12(11)16/h4,7-8,10H,2-3,5-6,18H2,1H3. The Morgan fingerprint density at radius 2 is 2.20 bits per heavy atom. The van der Waals surface area contributed by atoms with Gasteiger partial charge in [-0.1, -0.05) is 40.5 Å². The lowest BCUT2D eigenvalue weighted by Gasteiger charge is -2.07. The van der Waals surface area contributed by atoms with Gasteiger partial charge in [0.1, 0.15) is 17.3 Å². The number of hydrogen-bond donors (Lipinski definition) is 1. The number of halogens is 2. The van der Waals surface area contributed by atoms with Crippen LogP contribution in [0.3, 0.4) is 0 Å². The minimum Gasteiger partial charge on any atom is -0.383 e. The lowest BCUT2D eigenvalue weighted by molar-refractivity contribution is 0.676. The molecule has 1 fully saturated rings. The average molecular weight is 355 g/mol. The number of benzene rings is 1. The van der Waals surface area contributed by atoms with Crippen molar-refractivity contribution in [3.8, 4) is 11.3 Å². The number of nitrogens with two attached hydrogens (primary N) is 1. The summed E-state index contributed by atoms with van der Waals surface area (Å²) in [7, 11) is 0. The van der Waals surface area contributed by atoms with Crippen LogP contribution in [0.5, 0.6) is 0 Å². The Labute approximate surface area is 132 Å². The van der Waals surface area contributed by atoms with Crippen molar-refractivity contribution < 1.29 is 0 Å². The van der Waals surface area contributed by atoms with Crippen molar-refractivity contribution in [2.24, 2.45) is 0 Å². The molecule has 3 rings (SSSR count). The molecule has 0 aliphatic heterocycles. The molecule has 0 atom stereocenters. The lowest BCUT2D eigenvalue weighted by atomic mass is 10.1. The molecular formula is C15H17BrClN3. The summed E-state index contributed by atoms with van der Waals surface area (Å²) in [5.41, 5.74) is 8.23. The number of nitrogen functional groups attached to an aromatic ring is 1. The summed E-state index contributed by atoms with van der Waals surface area (Å²) in [5, 5.41) is 0.703. The molecule has 0 spiro atoms. The Balaban J connectivity index is 2.11. The largest absolute Gasteiger partial charge is 0.383 e. The smallest absolute Gasteiger partial charge is 0.132 e. The summed E-state index contributed by atoms with van der Waals surface area (Å²) < 4.78 is 3.15. The van der Waals surface area contributed by atoms with Gasteiger partial charge >= 0.3 is 0 Å². The van der Waals surface area contributed by atoms with Crippen molar-refractivity contribution in [1.29, 1.82) is 0 Å². The van der Waals surface area contributed by atoms with Crippen molar-refractivity contribution in [2.75, 3.05) is 5.73 Å². The molecule has 1 aromatic heterocycles. The highest BCUT2D eigenvalue weighted by Gasteiger charge is 2.30. The van der Waals surface area contributed by atoms with Gasteiger partial charge in [0.25, 0.3) is 0 Å². The van der Waals surface area contributed by atoms with E-state index in [1.807, 2.05) is 18.2 Å². The predicted octanol–water partition coefficient (Wildman–Crippen LogP) is 4.84. The van der Waals surface area contributed by atoms with E-state index in [-0.39, 0.29) is 0 Å². The van der Waals surface area contributed by atoms with Crippen LogP contribution in [0.4, 0.5) is 5.82 Å². The highest BCUT2D eigenvalue weighted by atomic mass is 79.9. The molecule has 0 bridgehead atoms. The summed E-state index contributed by atoms with van der Waals surface area (Å²) in [4.78, 5) is 4.79. The topological polar surface area (TPSA) is 43.8 Å². The van der Waals surface area contributed by atoms with Crippen LogP contribution in [0.15, 0.2) is 22.7 Å². The Hall–Kier alpha value is -1.00. The van der Waals surface area contributed by atoms with Crippen molar-refractivity contribution in [2.45, 2.75) is 38.6 Å². The molecule has 1 aromatic carbocycles. The first kappa shape index (κ1) is 14.0. The maximum absolute atomic E-state index is 6.36. The first-order valence-corrected chi connectivity index (χ1v) is 8.11. The molecule has 0 radical (unpaired) electrons. The molecule has 1 heterocycles. The summed E-state index contributed by atoms with van der Waals surface area (Å²) in [5.74, 6) is 1.88. The van der Waals surface area contributed by atoms with Gasteiger partial charge in [-0.25, -0.2) is 4.98 Å². The summed E-state index contributed by atoms with van der Waals surface area (Å²) in [6.45, 7) is 2.17. The van der Waals surface area contributed by atoms with Crippen LogP contribution in [0.1, 0.15) is 38.1 Å². The quantitative estimate of drug-likeness (QED) is 0.854. The molecule has 106 valence electrons. The second kappa shape index (κ2) is 5.41. The van der Waals surface area contributed by atoms with E-state index in [1.54, 1.807) is 0 Å². The minimum absolute atomic E-state index is 0.545. The van der Waals surface area contributed by atoms with Crippen LogP contribution >= 0.6 is 27.5 Å². The normalized spacial score (nSPS) is 14.8. The fourth-order valence-corrected chi connectivity index (χ4v) is 3.38. The van der Waals surface area contributed by atoms with Crippen molar-refractivity contribution >= 4 is 33.3 Å². The number of nitrogens with zero attached hydrogens (tertiary/aromatic N) is 2. The maximum atomic E-state index is 6.36. The minimum atomic E-state index is 0.545. The van der Waals surface area contributed by atoms with Crippen LogP contribution in [0.25, 0.3) is 11.3 Å². The van der Waals surface area contributed by atoms with E-state index < -0.39 is 0 Å². The zero-order valence-electron chi connectivity index (χ0n) is 11.4. The van der Waals surface area contributed by atoms with Crippen LogP contribution in [0.2, 0.25) is 5.02 Å². The zero-order chi connectivity index (χ0) is 14.3. The Morgan fingerprint density at radius 3 is 2.80 bits per heavy atom. The maximum Gasteiger partial charge on any atom is 0.132 e. The van der Waals surface area contributed by atoms with E-state index in [0.717, 1.165) is 40.2 Å². The summed E-state index contributed by atoms with van der Waals surface area (Å²) in [6, 6.07) is 6.27. The molecular weight excluding hydrogens is 338 g/mol. The molecule has 1 aliphatic carbocycles.